The summed E-state index contributed by atoms with van der Waals surface area (Å²) in [4.78, 5) is 9.86. The van der Waals surface area contributed by atoms with Gasteiger partial charge in [0, 0.05) is 36.0 Å². The van der Waals surface area contributed by atoms with Gasteiger partial charge in [0.2, 0.25) is 0 Å². The van der Waals surface area contributed by atoms with Gasteiger partial charge in [0.1, 0.15) is 11.7 Å². The van der Waals surface area contributed by atoms with E-state index in [0.29, 0.717) is 5.92 Å². The first-order valence-corrected chi connectivity index (χ1v) is 11.8. The first kappa shape index (κ1) is 20.1. The second kappa shape index (κ2) is 8.03. The van der Waals surface area contributed by atoms with Crippen LogP contribution in [-0.4, -0.2) is 17.8 Å². The van der Waals surface area contributed by atoms with Gasteiger partial charge in [-0.3, -0.25) is 4.90 Å². The average molecular weight is 412 g/mol. The van der Waals surface area contributed by atoms with E-state index < -0.39 is 0 Å². The molecular weight excluding hydrogens is 378 g/mol. The van der Waals surface area contributed by atoms with Crippen LogP contribution in [0.1, 0.15) is 56.9 Å². The van der Waals surface area contributed by atoms with Crippen molar-refractivity contribution in [3.8, 4) is 0 Å². The van der Waals surface area contributed by atoms with E-state index in [-0.39, 0.29) is 0 Å². The number of anilines is 1. The molecule has 1 aromatic carbocycles. The molecule has 0 unspecified atom stereocenters. The summed E-state index contributed by atoms with van der Waals surface area (Å²) in [5, 5.41) is 0. The summed E-state index contributed by atoms with van der Waals surface area (Å²) in [5.74, 6) is 2.84. The van der Waals surface area contributed by atoms with Crippen molar-refractivity contribution in [1.29, 1.82) is 0 Å². The zero-order valence-electron chi connectivity index (χ0n) is 19.0. The lowest BCUT2D eigenvalue weighted by Crippen LogP contribution is -2.40. The average Bonchev–Trinajstić information content (AvgIpc) is 2.79. The van der Waals surface area contributed by atoms with Crippen LogP contribution >= 0.6 is 0 Å². The van der Waals surface area contributed by atoms with Crippen LogP contribution in [0.5, 0.6) is 0 Å². The molecule has 31 heavy (non-hydrogen) atoms. The summed E-state index contributed by atoms with van der Waals surface area (Å²) in [7, 11) is 2.14. The SMILES string of the molecule is C=C1C2=CCCC=C2N(C)C2=C1C(=C)N(c1ccc(C)cc1)C(CC1CCCCC1)=N2. The predicted octanol–water partition coefficient (Wildman–Crippen LogP) is 7.01. The molecule has 0 bridgehead atoms. The second-order valence-corrected chi connectivity index (χ2v) is 9.37. The fourth-order valence-corrected chi connectivity index (χ4v) is 5.47. The Balaban J connectivity index is 1.61. The highest BCUT2D eigenvalue weighted by molar-refractivity contribution is 6.04. The van der Waals surface area contributed by atoms with Crippen LogP contribution in [-0.2, 0) is 0 Å². The van der Waals surface area contributed by atoms with Crippen molar-refractivity contribution in [3.05, 3.63) is 89.1 Å². The van der Waals surface area contributed by atoms with Crippen LogP contribution in [0.2, 0.25) is 0 Å². The predicted molar refractivity (Wildman–Crippen MR) is 131 cm³/mol. The first-order valence-electron chi connectivity index (χ1n) is 11.8. The number of likely N-dealkylation sites (N-methyl/N-ethyl adjacent to an activating group) is 1. The molecule has 0 N–H and O–H groups in total. The number of hydrogen-bond donors (Lipinski definition) is 0. The minimum Gasteiger partial charge on any atom is -0.329 e. The van der Waals surface area contributed by atoms with Gasteiger partial charge in [0.15, 0.2) is 0 Å². The number of aliphatic imine (C=N–C) groups is 1. The van der Waals surface area contributed by atoms with Crippen LogP contribution < -0.4 is 4.90 Å². The van der Waals surface area contributed by atoms with E-state index in [9.17, 15) is 0 Å². The largest absolute Gasteiger partial charge is 0.329 e. The lowest BCUT2D eigenvalue weighted by Gasteiger charge is -2.42. The molecule has 3 nitrogen and oxygen atoms in total. The molecule has 1 saturated carbocycles. The van der Waals surface area contributed by atoms with Crippen LogP contribution in [0.3, 0.4) is 0 Å². The third-order valence-electron chi connectivity index (χ3n) is 7.20. The number of amidine groups is 1. The molecule has 3 heteroatoms. The number of nitrogens with zero attached hydrogens (tertiary/aromatic N) is 3. The third-order valence-corrected chi connectivity index (χ3v) is 7.20. The molecular formula is C28H33N3. The number of fused-ring (bicyclic) bond motifs is 1. The molecule has 5 rings (SSSR count). The Kier molecular flexibility index (Phi) is 5.21. The van der Waals surface area contributed by atoms with Crippen molar-refractivity contribution in [2.24, 2.45) is 10.9 Å². The van der Waals surface area contributed by atoms with Crippen LogP contribution in [0.25, 0.3) is 0 Å². The van der Waals surface area contributed by atoms with Crippen molar-refractivity contribution < 1.29 is 0 Å². The quantitative estimate of drug-likeness (QED) is 0.532. The maximum absolute atomic E-state index is 5.31. The summed E-state index contributed by atoms with van der Waals surface area (Å²) in [5.41, 5.74) is 8.03. The van der Waals surface area contributed by atoms with Crippen molar-refractivity contribution in [2.75, 3.05) is 11.9 Å². The van der Waals surface area contributed by atoms with E-state index in [1.54, 1.807) is 0 Å². The van der Waals surface area contributed by atoms with Crippen molar-refractivity contribution in [3.63, 3.8) is 0 Å². The highest BCUT2D eigenvalue weighted by atomic mass is 15.3. The van der Waals surface area contributed by atoms with E-state index >= 15 is 0 Å². The molecule has 0 aromatic heterocycles. The van der Waals surface area contributed by atoms with Gasteiger partial charge in [-0.1, -0.05) is 75.1 Å². The minimum atomic E-state index is 0.705. The van der Waals surface area contributed by atoms with Gasteiger partial charge in [0.25, 0.3) is 0 Å². The van der Waals surface area contributed by atoms with Gasteiger partial charge < -0.3 is 4.90 Å². The Morgan fingerprint density at radius 2 is 1.71 bits per heavy atom. The van der Waals surface area contributed by atoms with Crippen molar-refractivity contribution >= 4 is 11.5 Å². The zero-order chi connectivity index (χ0) is 21.5. The molecule has 1 aromatic rings. The minimum absolute atomic E-state index is 0.705. The maximum atomic E-state index is 5.31. The first-order chi connectivity index (χ1) is 15.0. The number of rotatable bonds is 3. The molecule has 1 fully saturated rings. The van der Waals surface area contributed by atoms with Gasteiger partial charge in [-0.05, 0) is 43.4 Å². The zero-order valence-corrected chi connectivity index (χ0v) is 19.0. The molecule has 2 heterocycles. The van der Waals surface area contributed by atoms with E-state index in [0.717, 1.165) is 53.4 Å². The van der Waals surface area contributed by atoms with Crippen LogP contribution in [0.4, 0.5) is 5.69 Å². The lowest BCUT2D eigenvalue weighted by atomic mass is 9.84. The maximum Gasteiger partial charge on any atom is 0.144 e. The number of hydrogen-bond acceptors (Lipinski definition) is 3. The summed E-state index contributed by atoms with van der Waals surface area (Å²) in [6, 6.07) is 8.75. The monoisotopic (exact) mass is 411 g/mol. The molecule has 2 aliphatic heterocycles. The standard InChI is InChI=1S/C28H33N3/c1-19-14-16-23(17-15-19)31-21(3)27-20(2)24-12-8-9-13-25(24)30(4)28(27)29-26(31)18-22-10-6-5-7-11-22/h12-17,22H,2-3,5-11,18H2,1,4H3. The summed E-state index contributed by atoms with van der Waals surface area (Å²) in [6.07, 6.45) is 14.5. The van der Waals surface area contributed by atoms with E-state index in [4.69, 9.17) is 4.99 Å². The third kappa shape index (κ3) is 3.50. The summed E-state index contributed by atoms with van der Waals surface area (Å²) >= 11 is 0. The Hall–Kier alpha value is -2.81. The van der Waals surface area contributed by atoms with Gasteiger partial charge in [0.05, 0.1) is 5.70 Å². The molecule has 2 aliphatic carbocycles. The normalized spacial score (nSPS) is 22.1. The topological polar surface area (TPSA) is 18.8 Å². The second-order valence-electron chi connectivity index (χ2n) is 9.37. The molecule has 4 aliphatic rings. The van der Waals surface area contributed by atoms with Gasteiger partial charge in [-0.15, -0.1) is 0 Å². The number of allylic oxidation sites excluding steroid dienone is 4. The number of benzene rings is 1. The van der Waals surface area contributed by atoms with Crippen LogP contribution in [0.15, 0.2) is 88.5 Å². The summed E-state index contributed by atoms with van der Waals surface area (Å²) in [6.45, 7) is 11.2. The fourth-order valence-electron chi connectivity index (χ4n) is 5.47. The summed E-state index contributed by atoms with van der Waals surface area (Å²) < 4.78 is 0. The molecule has 0 spiro atoms. The highest BCUT2D eigenvalue weighted by Gasteiger charge is 2.37. The van der Waals surface area contributed by atoms with Gasteiger partial charge in [-0.25, -0.2) is 4.99 Å². The van der Waals surface area contributed by atoms with E-state index in [1.807, 2.05) is 0 Å². The van der Waals surface area contributed by atoms with Crippen molar-refractivity contribution in [1.82, 2.24) is 4.90 Å². The number of aryl methyl sites for hydroxylation is 1. The van der Waals surface area contributed by atoms with E-state index in [1.165, 1.54) is 48.9 Å². The molecule has 0 radical (unpaired) electrons. The Morgan fingerprint density at radius 3 is 2.45 bits per heavy atom. The van der Waals surface area contributed by atoms with Gasteiger partial charge in [-0.2, -0.15) is 0 Å². The Bertz CT molecular complexity index is 1040. The Labute approximate surface area is 186 Å². The lowest BCUT2D eigenvalue weighted by molar-refractivity contribution is 0.366. The fraction of sp³-hybridized carbons (Fsp3) is 0.393. The Morgan fingerprint density at radius 1 is 1.00 bits per heavy atom. The molecule has 0 saturated heterocycles. The molecule has 0 atom stereocenters. The highest BCUT2D eigenvalue weighted by Crippen LogP contribution is 2.46. The molecule has 160 valence electrons. The molecule has 0 amide bonds. The smallest absolute Gasteiger partial charge is 0.144 e. The van der Waals surface area contributed by atoms with E-state index in [2.05, 4.69) is 73.3 Å². The van der Waals surface area contributed by atoms with Crippen LogP contribution in [0, 0.1) is 12.8 Å². The van der Waals surface area contributed by atoms with Gasteiger partial charge >= 0.3 is 0 Å². The van der Waals surface area contributed by atoms with Crippen molar-refractivity contribution in [2.45, 2.75) is 58.3 Å².